The van der Waals surface area contributed by atoms with Gasteiger partial charge in [-0.3, -0.25) is 19.3 Å². The number of hydrogen-bond donors (Lipinski definition) is 2. The second-order valence-electron chi connectivity index (χ2n) is 7.55. The van der Waals surface area contributed by atoms with E-state index >= 15 is 0 Å². The van der Waals surface area contributed by atoms with Crippen LogP contribution in [0.25, 0.3) is 0 Å². The zero-order chi connectivity index (χ0) is 18.8. The molecule has 2 N–H and O–H groups in total. The Morgan fingerprint density at radius 1 is 1.28 bits per heavy atom. The first-order valence-corrected chi connectivity index (χ1v) is 8.71. The largest absolute Gasteiger partial charge is 0.454 e. The molecule has 1 saturated carbocycles. The van der Waals surface area contributed by atoms with Crippen LogP contribution in [0, 0.1) is 11.8 Å². The minimum Gasteiger partial charge on any atom is -0.454 e. The Morgan fingerprint density at radius 2 is 1.96 bits per heavy atom. The topological polar surface area (TPSA) is 105 Å². The van der Waals surface area contributed by atoms with Crippen molar-refractivity contribution < 1.29 is 23.9 Å². The molecule has 0 aromatic carbocycles. The third kappa shape index (κ3) is 4.49. The molecule has 1 aliphatic carbocycles. The Balaban J connectivity index is 1.77. The van der Waals surface area contributed by atoms with Gasteiger partial charge in [-0.1, -0.05) is 26.7 Å². The van der Waals surface area contributed by atoms with E-state index in [1.807, 2.05) is 0 Å². The van der Waals surface area contributed by atoms with Crippen molar-refractivity contribution in [2.75, 3.05) is 13.2 Å². The number of carbonyl (C=O) groups is 4. The highest BCUT2D eigenvalue weighted by Gasteiger charge is 2.45. The second kappa shape index (κ2) is 7.41. The van der Waals surface area contributed by atoms with E-state index in [1.54, 1.807) is 13.8 Å². The van der Waals surface area contributed by atoms with Crippen LogP contribution in [-0.2, 0) is 19.1 Å². The normalized spacial score (nSPS) is 28.5. The highest BCUT2D eigenvalue weighted by atomic mass is 16.5. The number of nitrogens with one attached hydrogen (secondary N) is 2. The Hall–Kier alpha value is -2.12. The Bertz CT molecular complexity index is 575. The van der Waals surface area contributed by atoms with E-state index in [0.29, 0.717) is 11.8 Å². The fourth-order valence-electron chi connectivity index (χ4n) is 3.32. The first kappa shape index (κ1) is 19.2. The number of nitrogens with zero attached hydrogens (tertiary/aromatic N) is 1. The molecule has 8 nitrogen and oxygen atoms in total. The maximum Gasteiger partial charge on any atom is 0.326 e. The van der Waals surface area contributed by atoms with Crippen LogP contribution >= 0.6 is 0 Å². The minimum atomic E-state index is -1.04. The molecule has 2 aliphatic rings. The van der Waals surface area contributed by atoms with E-state index in [2.05, 4.69) is 24.5 Å². The standard InChI is InChI=1S/C17H27N3O5/c1-10-6-5-7-12(11(10)2)18-13(21)9-25-14(22)8-20-15(23)17(3,4)19-16(20)24/h10-12H,5-9H2,1-4H3,(H,18,21)(H,19,24)/t10-,11-,12-/m1/s1. The molecule has 0 bridgehead atoms. The number of rotatable bonds is 5. The summed E-state index contributed by atoms with van der Waals surface area (Å²) in [5, 5.41) is 5.38. The van der Waals surface area contributed by atoms with Crippen molar-refractivity contribution in [2.45, 2.75) is 58.5 Å². The van der Waals surface area contributed by atoms with Crippen molar-refractivity contribution in [3.8, 4) is 0 Å². The van der Waals surface area contributed by atoms with Crippen molar-refractivity contribution in [2.24, 2.45) is 11.8 Å². The summed E-state index contributed by atoms with van der Waals surface area (Å²) in [6.45, 7) is 6.47. The molecule has 1 saturated heterocycles. The van der Waals surface area contributed by atoms with Crippen LogP contribution in [0.3, 0.4) is 0 Å². The van der Waals surface area contributed by atoms with Crippen molar-refractivity contribution in [1.29, 1.82) is 0 Å². The lowest BCUT2D eigenvalue weighted by molar-refractivity contribution is -0.151. The van der Waals surface area contributed by atoms with Gasteiger partial charge in [-0.15, -0.1) is 0 Å². The van der Waals surface area contributed by atoms with Crippen LogP contribution < -0.4 is 10.6 Å². The van der Waals surface area contributed by atoms with Gasteiger partial charge in [-0.05, 0) is 32.1 Å². The van der Waals surface area contributed by atoms with Gasteiger partial charge in [-0.25, -0.2) is 4.79 Å². The first-order chi connectivity index (χ1) is 11.6. The molecule has 2 fully saturated rings. The van der Waals surface area contributed by atoms with Crippen molar-refractivity contribution in [3.63, 3.8) is 0 Å². The SMILES string of the molecule is C[C@@H]1[C@H](C)CCC[C@H]1NC(=O)COC(=O)CN1C(=O)NC(C)(C)C1=O. The molecule has 4 amide bonds. The van der Waals surface area contributed by atoms with Gasteiger partial charge in [0.25, 0.3) is 11.8 Å². The molecule has 0 radical (unpaired) electrons. The smallest absolute Gasteiger partial charge is 0.326 e. The molecule has 0 aromatic heterocycles. The first-order valence-electron chi connectivity index (χ1n) is 8.71. The highest BCUT2D eigenvalue weighted by molar-refractivity contribution is 6.08. The summed E-state index contributed by atoms with van der Waals surface area (Å²) >= 11 is 0. The van der Waals surface area contributed by atoms with Crippen LogP contribution in [0.1, 0.15) is 47.0 Å². The van der Waals surface area contributed by atoms with Crippen LogP contribution in [0.15, 0.2) is 0 Å². The number of ether oxygens (including phenoxy) is 1. The zero-order valence-electron chi connectivity index (χ0n) is 15.3. The van der Waals surface area contributed by atoms with E-state index in [0.717, 1.165) is 24.2 Å². The molecule has 0 unspecified atom stereocenters. The summed E-state index contributed by atoms with van der Waals surface area (Å²) in [6, 6.07) is -0.553. The van der Waals surface area contributed by atoms with E-state index in [9.17, 15) is 19.2 Å². The number of carbonyl (C=O) groups excluding carboxylic acids is 4. The summed E-state index contributed by atoms with van der Waals surface area (Å²) in [5.41, 5.74) is -1.04. The molecule has 25 heavy (non-hydrogen) atoms. The van der Waals surface area contributed by atoms with Crippen molar-refractivity contribution in [1.82, 2.24) is 15.5 Å². The predicted molar refractivity (Wildman–Crippen MR) is 89.4 cm³/mol. The third-order valence-corrected chi connectivity index (χ3v) is 5.15. The molecule has 0 aromatic rings. The predicted octanol–water partition coefficient (Wildman–Crippen LogP) is 0.801. The van der Waals surface area contributed by atoms with Gasteiger partial charge in [0.05, 0.1) is 0 Å². The average Bonchev–Trinajstić information content (AvgIpc) is 2.72. The number of hydrogen-bond acceptors (Lipinski definition) is 5. The van der Waals surface area contributed by atoms with E-state index in [4.69, 9.17) is 4.74 Å². The van der Waals surface area contributed by atoms with Crippen LogP contribution in [-0.4, -0.2) is 53.4 Å². The van der Waals surface area contributed by atoms with Crippen LogP contribution in [0.4, 0.5) is 4.79 Å². The lowest BCUT2D eigenvalue weighted by Crippen LogP contribution is -2.45. The molecule has 8 heteroatoms. The Kier molecular flexibility index (Phi) is 5.69. The number of esters is 1. The molecule has 1 aliphatic heterocycles. The van der Waals surface area contributed by atoms with Gasteiger partial charge < -0.3 is 15.4 Å². The lowest BCUT2D eigenvalue weighted by Gasteiger charge is -2.34. The number of urea groups is 1. The van der Waals surface area contributed by atoms with E-state index in [1.165, 1.54) is 0 Å². The van der Waals surface area contributed by atoms with Crippen molar-refractivity contribution >= 4 is 23.8 Å². The fraction of sp³-hybridized carbons (Fsp3) is 0.765. The van der Waals surface area contributed by atoms with Crippen LogP contribution in [0.5, 0.6) is 0 Å². The van der Waals surface area contributed by atoms with Crippen molar-refractivity contribution in [3.05, 3.63) is 0 Å². The fourth-order valence-corrected chi connectivity index (χ4v) is 3.32. The molecule has 140 valence electrons. The summed E-state index contributed by atoms with van der Waals surface area (Å²) in [7, 11) is 0. The van der Waals surface area contributed by atoms with Crippen LogP contribution in [0.2, 0.25) is 0 Å². The average molecular weight is 353 g/mol. The maximum atomic E-state index is 12.0. The summed E-state index contributed by atoms with van der Waals surface area (Å²) in [4.78, 5) is 48.3. The van der Waals surface area contributed by atoms with Gasteiger partial charge in [-0.2, -0.15) is 0 Å². The minimum absolute atomic E-state index is 0.0849. The molecule has 1 heterocycles. The zero-order valence-corrected chi connectivity index (χ0v) is 15.3. The maximum absolute atomic E-state index is 12.0. The lowest BCUT2D eigenvalue weighted by atomic mass is 9.78. The summed E-state index contributed by atoms with van der Waals surface area (Å²) in [5.74, 6) is -0.728. The molecule has 3 atom stereocenters. The number of amides is 4. The second-order valence-corrected chi connectivity index (χ2v) is 7.55. The summed E-state index contributed by atoms with van der Waals surface area (Å²) < 4.78 is 4.91. The quantitative estimate of drug-likeness (QED) is 0.562. The highest BCUT2D eigenvalue weighted by Crippen LogP contribution is 2.29. The molecular formula is C17H27N3O5. The Labute approximate surface area is 147 Å². The number of imide groups is 1. The third-order valence-electron chi connectivity index (χ3n) is 5.15. The van der Waals surface area contributed by atoms with E-state index < -0.39 is 36.6 Å². The van der Waals surface area contributed by atoms with Gasteiger partial charge in [0.15, 0.2) is 6.61 Å². The van der Waals surface area contributed by atoms with E-state index in [-0.39, 0.29) is 11.9 Å². The monoisotopic (exact) mass is 353 g/mol. The molecular weight excluding hydrogens is 326 g/mol. The van der Waals surface area contributed by atoms with Gasteiger partial charge in [0.2, 0.25) is 0 Å². The van der Waals surface area contributed by atoms with Gasteiger partial charge in [0, 0.05) is 6.04 Å². The Morgan fingerprint density at radius 3 is 2.56 bits per heavy atom. The summed E-state index contributed by atoms with van der Waals surface area (Å²) in [6.07, 6.45) is 3.14. The molecule has 2 rings (SSSR count). The molecule has 0 spiro atoms. The van der Waals surface area contributed by atoms with Gasteiger partial charge in [0.1, 0.15) is 12.1 Å². The van der Waals surface area contributed by atoms with Gasteiger partial charge >= 0.3 is 12.0 Å².